The van der Waals surface area contributed by atoms with Crippen LogP contribution in [0.25, 0.3) is 0 Å². The minimum atomic E-state index is 0.181. The Bertz CT molecular complexity index is 980. The molecule has 1 aliphatic rings. The maximum atomic E-state index is 12.9. The molecule has 0 aliphatic heterocycles. The average Bonchev–Trinajstić information content (AvgIpc) is 3.50. The van der Waals surface area contributed by atoms with Crippen LogP contribution in [0.3, 0.4) is 0 Å². The van der Waals surface area contributed by atoms with Gasteiger partial charge in [-0.15, -0.1) is 11.3 Å². The van der Waals surface area contributed by atoms with E-state index >= 15 is 0 Å². The minimum Gasteiger partial charge on any atom is -0.486 e. The van der Waals surface area contributed by atoms with Crippen molar-refractivity contribution >= 4 is 17.2 Å². The second-order valence-electron chi connectivity index (χ2n) is 8.13. The number of aromatic nitrogens is 1. The molecule has 4 rings (SSSR count). The second kappa shape index (κ2) is 9.43. The van der Waals surface area contributed by atoms with Gasteiger partial charge in [-0.25, -0.2) is 4.98 Å². The fraction of sp³-hybridized carbons (Fsp3) is 0.360. The molecule has 1 amide bonds. The highest BCUT2D eigenvalue weighted by Crippen LogP contribution is 2.30. The van der Waals surface area contributed by atoms with Gasteiger partial charge in [0.15, 0.2) is 0 Å². The Morgan fingerprint density at radius 3 is 2.60 bits per heavy atom. The molecule has 4 nitrogen and oxygen atoms in total. The summed E-state index contributed by atoms with van der Waals surface area (Å²) in [5, 5.41) is 2.99. The van der Waals surface area contributed by atoms with Gasteiger partial charge in [-0.05, 0) is 36.0 Å². The molecule has 30 heavy (non-hydrogen) atoms. The highest BCUT2D eigenvalue weighted by Gasteiger charge is 2.32. The molecular formula is C25H28N2O2S. The van der Waals surface area contributed by atoms with Crippen molar-refractivity contribution < 1.29 is 9.53 Å². The van der Waals surface area contributed by atoms with Crippen molar-refractivity contribution in [3.05, 3.63) is 81.8 Å². The Hall–Kier alpha value is -2.66. The molecular weight excluding hydrogens is 392 g/mol. The number of benzene rings is 2. The number of carbonyl (C=O) groups excluding carboxylic acids is 1. The van der Waals surface area contributed by atoms with Gasteiger partial charge in [0, 0.05) is 11.4 Å². The first-order valence-corrected chi connectivity index (χ1v) is 11.5. The first kappa shape index (κ1) is 20.6. The van der Waals surface area contributed by atoms with Crippen LogP contribution in [0.1, 0.15) is 54.4 Å². The van der Waals surface area contributed by atoms with Crippen molar-refractivity contribution in [3.63, 3.8) is 0 Å². The number of ether oxygens (including phenoxy) is 1. The van der Waals surface area contributed by atoms with Crippen molar-refractivity contribution in [1.29, 1.82) is 0 Å². The lowest BCUT2D eigenvalue weighted by molar-refractivity contribution is -0.131. The van der Waals surface area contributed by atoms with Crippen LogP contribution in [0.15, 0.2) is 60.0 Å². The van der Waals surface area contributed by atoms with E-state index in [2.05, 4.69) is 25.3 Å². The Kier molecular flexibility index (Phi) is 6.48. The predicted molar refractivity (Wildman–Crippen MR) is 121 cm³/mol. The van der Waals surface area contributed by atoms with Crippen molar-refractivity contribution in [2.45, 2.75) is 58.2 Å². The van der Waals surface area contributed by atoms with Gasteiger partial charge in [0.25, 0.3) is 0 Å². The van der Waals surface area contributed by atoms with Crippen molar-refractivity contribution in [2.24, 2.45) is 0 Å². The lowest BCUT2D eigenvalue weighted by Crippen LogP contribution is -2.33. The van der Waals surface area contributed by atoms with Crippen LogP contribution < -0.4 is 4.74 Å². The molecule has 0 spiro atoms. The van der Waals surface area contributed by atoms with E-state index in [4.69, 9.17) is 9.72 Å². The van der Waals surface area contributed by atoms with Crippen LogP contribution in [-0.2, 0) is 24.4 Å². The van der Waals surface area contributed by atoms with E-state index in [0.717, 1.165) is 34.9 Å². The third-order valence-corrected chi connectivity index (χ3v) is 6.20. The molecule has 1 aliphatic carbocycles. The fourth-order valence-corrected chi connectivity index (χ4v) is 4.27. The standard InChI is InChI=1S/C25H28N2O2S/c1-18(2)22-10-6-7-11-23(22)29-16-24-26-20(17-30-24)15-27(21-12-13-21)25(28)14-19-8-4-3-5-9-19/h3-11,17-18,21H,12-16H2,1-2H3. The molecule has 0 unspecified atom stereocenters. The highest BCUT2D eigenvalue weighted by atomic mass is 32.1. The second-order valence-corrected chi connectivity index (χ2v) is 9.07. The van der Waals surface area contributed by atoms with E-state index in [1.54, 1.807) is 11.3 Å². The normalized spacial score (nSPS) is 13.4. The van der Waals surface area contributed by atoms with Crippen molar-refractivity contribution in [2.75, 3.05) is 0 Å². The summed E-state index contributed by atoms with van der Waals surface area (Å²) >= 11 is 1.60. The van der Waals surface area contributed by atoms with Gasteiger partial charge in [0.2, 0.25) is 5.91 Å². The summed E-state index contributed by atoms with van der Waals surface area (Å²) in [6, 6.07) is 18.5. The maximum Gasteiger partial charge on any atom is 0.227 e. The number of para-hydroxylation sites is 1. The zero-order chi connectivity index (χ0) is 20.9. The predicted octanol–water partition coefficient (Wildman–Crippen LogP) is 5.58. The third kappa shape index (κ3) is 5.28. The monoisotopic (exact) mass is 420 g/mol. The van der Waals surface area contributed by atoms with Crippen LogP contribution in [0.5, 0.6) is 5.75 Å². The molecule has 1 fully saturated rings. The largest absolute Gasteiger partial charge is 0.486 e. The number of nitrogens with zero attached hydrogens (tertiary/aromatic N) is 2. The molecule has 2 aromatic carbocycles. The Balaban J connectivity index is 1.38. The molecule has 0 atom stereocenters. The lowest BCUT2D eigenvalue weighted by atomic mass is 10.0. The third-order valence-electron chi connectivity index (χ3n) is 5.33. The molecule has 1 heterocycles. The van der Waals surface area contributed by atoms with Gasteiger partial charge < -0.3 is 9.64 Å². The highest BCUT2D eigenvalue weighted by molar-refractivity contribution is 7.09. The van der Waals surface area contributed by atoms with E-state index < -0.39 is 0 Å². The van der Waals surface area contributed by atoms with Crippen LogP contribution >= 0.6 is 11.3 Å². The molecule has 1 aromatic heterocycles. The van der Waals surface area contributed by atoms with Gasteiger partial charge in [-0.1, -0.05) is 62.4 Å². The van der Waals surface area contributed by atoms with E-state index in [9.17, 15) is 4.79 Å². The summed E-state index contributed by atoms with van der Waals surface area (Å²) in [7, 11) is 0. The topological polar surface area (TPSA) is 42.4 Å². The summed E-state index contributed by atoms with van der Waals surface area (Å²) in [6.45, 7) is 5.37. The minimum absolute atomic E-state index is 0.181. The summed E-state index contributed by atoms with van der Waals surface area (Å²) < 4.78 is 6.06. The molecule has 0 saturated heterocycles. The molecule has 156 valence electrons. The molecule has 0 N–H and O–H groups in total. The number of hydrogen-bond acceptors (Lipinski definition) is 4. The Morgan fingerprint density at radius 2 is 1.87 bits per heavy atom. The van der Waals surface area contributed by atoms with Gasteiger partial charge >= 0.3 is 0 Å². The van der Waals surface area contributed by atoms with Crippen LogP contribution in [0.4, 0.5) is 0 Å². The first-order chi connectivity index (χ1) is 14.6. The zero-order valence-electron chi connectivity index (χ0n) is 17.6. The van der Waals surface area contributed by atoms with E-state index in [1.807, 2.05) is 53.4 Å². The maximum absolute atomic E-state index is 12.9. The SMILES string of the molecule is CC(C)c1ccccc1OCc1nc(CN(C(=O)Cc2ccccc2)C2CC2)cs1. The molecule has 0 radical (unpaired) electrons. The number of amides is 1. The molecule has 3 aromatic rings. The molecule has 1 saturated carbocycles. The summed E-state index contributed by atoms with van der Waals surface area (Å²) in [5.41, 5.74) is 3.22. The zero-order valence-corrected chi connectivity index (χ0v) is 18.4. The summed E-state index contributed by atoms with van der Waals surface area (Å²) in [6.07, 6.45) is 2.63. The van der Waals surface area contributed by atoms with Crippen LogP contribution in [0.2, 0.25) is 0 Å². The summed E-state index contributed by atoms with van der Waals surface area (Å²) in [5.74, 6) is 1.51. The first-order valence-electron chi connectivity index (χ1n) is 10.6. The summed E-state index contributed by atoms with van der Waals surface area (Å²) in [4.78, 5) is 19.6. The number of rotatable bonds is 9. The fourth-order valence-electron chi connectivity index (χ4n) is 3.57. The number of thiazole rings is 1. The van der Waals surface area contributed by atoms with Crippen molar-refractivity contribution in [1.82, 2.24) is 9.88 Å². The quantitative estimate of drug-likeness (QED) is 0.454. The number of hydrogen-bond donors (Lipinski definition) is 0. The van der Waals surface area contributed by atoms with Gasteiger partial charge in [-0.3, -0.25) is 4.79 Å². The van der Waals surface area contributed by atoms with Crippen molar-refractivity contribution in [3.8, 4) is 5.75 Å². The van der Waals surface area contributed by atoms with E-state index in [1.165, 1.54) is 5.56 Å². The lowest BCUT2D eigenvalue weighted by Gasteiger charge is -2.21. The van der Waals surface area contributed by atoms with E-state index in [-0.39, 0.29) is 5.91 Å². The van der Waals surface area contributed by atoms with Crippen LogP contribution in [-0.4, -0.2) is 21.8 Å². The van der Waals surface area contributed by atoms with Gasteiger partial charge in [0.05, 0.1) is 18.7 Å². The molecule has 5 heteroatoms. The Labute approximate surface area is 182 Å². The van der Waals surface area contributed by atoms with Crippen LogP contribution in [0, 0.1) is 0 Å². The van der Waals surface area contributed by atoms with E-state index in [0.29, 0.717) is 31.5 Å². The van der Waals surface area contributed by atoms with Gasteiger partial charge in [0.1, 0.15) is 17.4 Å². The Morgan fingerprint density at radius 1 is 1.13 bits per heavy atom. The number of carbonyl (C=O) groups is 1. The average molecular weight is 421 g/mol. The van der Waals surface area contributed by atoms with Gasteiger partial charge in [-0.2, -0.15) is 0 Å². The molecule has 0 bridgehead atoms. The smallest absolute Gasteiger partial charge is 0.227 e.